The SMILES string of the molecule is Nc1ccc(CNCCn2cc(Br)cn2)cn1. The quantitative estimate of drug-likeness (QED) is 0.819. The fraction of sp³-hybridized carbons (Fsp3) is 0.273. The second-order valence-electron chi connectivity index (χ2n) is 3.69. The zero-order chi connectivity index (χ0) is 12.1. The van der Waals surface area contributed by atoms with Crippen molar-refractivity contribution in [3.05, 3.63) is 40.8 Å². The van der Waals surface area contributed by atoms with Gasteiger partial charge in [0.2, 0.25) is 0 Å². The van der Waals surface area contributed by atoms with Gasteiger partial charge in [-0.1, -0.05) is 6.07 Å². The maximum atomic E-state index is 5.51. The Morgan fingerprint density at radius 2 is 2.24 bits per heavy atom. The highest BCUT2D eigenvalue weighted by molar-refractivity contribution is 9.10. The number of hydrogen-bond acceptors (Lipinski definition) is 4. The van der Waals surface area contributed by atoms with E-state index in [2.05, 4.69) is 31.3 Å². The highest BCUT2D eigenvalue weighted by Gasteiger charge is 1.96. The first-order valence-electron chi connectivity index (χ1n) is 5.33. The topological polar surface area (TPSA) is 68.8 Å². The van der Waals surface area contributed by atoms with Gasteiger partial charge in [0.1, 0.15) is 5.82 Å². The van der Waals surface area contributed by atoms with Gasteiger partial charge in [0.05, 0.1) is 17.2 Å². The molecule has 0 aromatic carbocycles. The van der Waals surface area contributed by atoms with Gasteiger partial charge in [0.15, 0.2) is 0 Å². The number of nitrogens with zero attached hydrogens (tertiary/aromatic N) is 3. The molecule has 2 heterocycles. The van der Waals surface area contributed by atoms with E-state index in [9.17, 15) is 0 Å². The first kappa shape index (κ1) is 12.1. The fourth-order valence-corrected chi connectivity index (χ4v) is 1.76. The summed E-state index contributed by atoms with van der Waals surface area (Å²) in [5, 5.41) is 7.49. The minimum Gasteiger partial charge on any atom is -0.384 e. The van der Waals surface area contributed by atoms with Crippen molar-refractivity contribution >= 4 is 21.7 Å². The van der Waals surface area contributed by atoms with E-state index in [0.717, 1.165) is 29.7 Å². The Hall–Kier alpha value is -1.40. The standard InChI is InChI=1S/C11H14BrN5/c12-10-7-16-17(8-10)4-3-14-5-9-1-2-11(13)15-6-9/h1-2,6-8,14H,3-5H2,(H2,13,15). The van der Waals surface area contributed by atoms with Crippen LogP contribution in [0.1, 0.15) is 5.56 Å². The first-order valence-corrected chi connectivity index (χ1v) is 6.12. The summed E-state index contributed by atoms with van der Waals surface area (Å²) in [6.45, 7) is 2.49. The molecule has 0 aliphatic carbocycles. The maximum Gasteiger partial charge on any atom is 0.123 e. The van der Waals surface area contributed by atoms with Crippen molar-refractivity contribution in [1.82, 2.24) is 20.1 Å². The van der Waals surface area contributed by atoms with Crippen LogP contribution in [-0.4, -0.2) is 21.3 Å². The molecule has 0 aliphatic rings. The van der Waals surface area contributed by atoms with E-state index in [1.807, 2.05) is 23.0 Å². The molecule has 6 heteroatoms. The third-order valence-corrected chi connectivity index (χ3v) is 2.71. The average molecular weight is 296 g/mol. The van der Waals surface area contributed by atoms with Gasteiger partial charge in [-0.25, -0.2) is 4.98 Å². The number of rotatable bonds is 5. The van der Waals surface area contributed by atoms with Crippen LogP contribution in [-0.2, 0) is 13.1 Å². The number of nitrogen functional groups attached to an aromatic ring is 1. The van der Waals surface area contributed by atoms with E-state index in [0.29, 0.717) is 5.82 Å². The lowest BCUT2D eigenvalue weighted by Gasteiger charge is -2.05. The lowest BCUT2D eigenvalue weighted by atomic mass is 10.3. The van der Waals surface area contributed by atoms with Crippen molar-refractivity contribution in [3.63, 3.8) is 0 Å². The van der Waals surface area contributed by atoms with E-state index in [-0.39, 0.29) is 0 Å². The van der Waals surface area contributed by atoms with E-state index < -0.39 is 0 Å². The van der Waals surface area contributed by atoms with Crippen LogP contribution in [0, 0.1) is 0 Å². The molecule has 0 saturated carbocycles. The van der Waals surface area contributed by atoms with Crippen LogP contribution >= 0.6 is 15.9 Å². The van der Waals surface area contributed by atoms with E-state index >= 15 is 0 Å². The van der Waals surface area contributed by atoms with Crippen LogP contribution in [0.3, 0.4) is 0 Å². The highest BCUT2D eigenvalue weighted by Crippen LogP contribution is 2.05. The van der Waals surface area contributed by atoms with Crippen molar-refractivity contribution in [2.75, 3.05) is 12.3 Å². The van der Waals surface area contributed by atoms with Crippen LogP contribution in [0.15, 0.2) is 35.2 Å². The lowest BCUT2D eigenvalue weighted by molar-refractivity contribution is 0.554. The fourth-order valence-electron chi connectivity index (χ4n) is 1.43. The van der Waals surface area contributed by atoms with Crippen molar-refractivity contribution < 1.29 is 0 Å². The molecule has 90 valence electrons. The van der Waals surface area contributed by atoms with Gasteiger partial charge in [-0.05, 0) is 27.6 Å². The Kier molecular flexibility index (Phi) is 4.11. The van der Waals surface area contributed by atoms with Crippen LogP contribution < -0.4 is 11.1 Å². The minimum absolute atomic E-state index is 0.551. The summed E-state index contributed by atoms with van der Waals surface area (Å²) < 4.78 is 2.89. The van der Waals surface area contributed by atoms with E-state index in [1.54, 1.807) is 12.4 Å². The van der Waals surface area contributed by atoms with Gasteiger partial charge in [-0.15, -0.1) is 0 Å². The zero-order valence-corrected chi connectivity index (χ0v) is 10.9. The molecule has 0 saturated heterocycles. The molecule has 0 aliphatic heterocycles. The number of nitrogens with one attached hydrogen (secondary N) is 1. The second kappa shape index (κ2) is 5.79. The summed E-state index contributed by atoms with van der Waals surface area (Å²) in [4.78, 5) is 4.03. The Bertz CT molecular complexity index is 465. The lowest BCUT2D eigenvalue weighted by Crippen LogP contribution is -2.19. The van der Waals surface area contributed by atoms with Crippen molar-refractivity contribution in [1.29, 1.82) is 0 Å². The molecular formula is C11H14BrN5. The van der Waals surface area contributed by atoms with Gasteiger partial charge in [-0.3, -0.25) is 4.68 Å². The van der Waals surface area contributed by atoms with Crippen molar-refractivity contribution in [2.24, 2.45) is 0 Å². The summed E-state index contributed by atoms with van der Waals surface area (Å²) in [5.41, 5.74) is 6.64. The van der Waals surface area contributed by atoms with Crippen LogP contribution in [0.5, 0.6) is 0 Å². The van der Waals surface area contributed by atoms with Gasteiger partial charge in [0.25, 0.3) is 0 Å². The van der Waals surface area contributed by atoms with Crippen LogP contribution in [0.25, 0.3) is 0 Å². The summed E-state index contributed by atoms with van der Waals surface area (Å²) in [7, 11) is 0. The predicted octanol–water partition coefficient (Wildman–Crippen LogP) is 1.41. The smallest absolute Gasteiger partial charge is 0.123 e. The van der Waals surface area contributed by atoms with Crippen LogP contribution in [0.2, 0.25) is 0 Å². The molecule has 2 aromatic heterocycles. The van der Waals surface area contributed by atoms with Gasteiger partial charge < -0.3 is 11.1 Å². The number of anilines is 1. The predicted molar refractivity (Wildman–Crippen MR) is 70.3 cm³/mol. The molecule has 0 amide bonds. The first-order chi connectivity index (χ1) is 8.24. The summed E-state index contributed by atoms with van der Waals surface area (Å²) in [6, 6.07) is 3.78. The summed E-state index contributed by atoms with van der Waals surface area (Å²) in [5.74, 6) is 0.551. The highest BCUT2D eigenvalue weighted by atomic mass is 79.9. The summed E-state index contributed by atoms with van der Waals surface area (Å²) in [6.07, 6.45) is 5.52. The molecule has 5 nitrogen and oxygen atoms in total. The molecular weight excluding hydrogens is 282 g/mol. The van der Waals surface area contributed by atoms with E-state index in [1.165, 1.54) is 0 Å². The molecule has 2 rings (SSSR count). The van der Waals surface area contributed by atoms with Crippen molar-refractivity contribution in [2.45, 2.75) is 13.1 Å². The Morgan fingerprint density at radius 1 is 1.35 bits per heavy atom. The normalized spacial score (nSPS) is 10.6. The van der Waals surface area contributed by atoms with Crippen LogP contribution in [0.4, 0.5) is 5.82 Å². The monoisotopic (exact) mass is 295 g/mol. The maximum absolute atomic E-state index is 5.51. The second-order valence-corrected chi connectivity index (χ2v) is 4.61. The molecule has 0 spiro atoms. The van der Waals surface area contributed by atoms with Crippen molar-refractivity contribution in [3.8, 4) is 0 Å². The van der Waals surface area contributed by atoms with E-state index in [4.69, 9.17) is 5.73 Å². The van der Waals surface area contributed by atoms with Gasteiger partial charge in [-0.2, -0.15) is 5.10 Å². The molecule has 0 unspecified atom stereocenters. The third kappa shape index (κ3) is 3.83. The third-order valence-electron chi connectivity index (χ3n) is 2.30. The largest absolute Gasteiger partial charge is 0.384 e. The zero-order valence-electron chi connectivity index (χ0n) is 9.31. The molecule has 17 heavy (non-hydrogen) atoms. The molecule has 2 aromatic rings. The number of halogens is 1. The average Bonchev–Trinajstić information content (AvgIpc) is 2.73. The molecule has 0 fully saturated rings. The minimum atomic E-state index is 0.551. The van der Waals surface area contributed by atoms with Gasteiger partial charge in [0, 0.05) is 25.5 Å². The number of pyridine rings is 1. The Labute approximate surface area is 108 Å². The Balaban J connectivity index is 1.71. The number of nitrogens with two attached hydrogens (primary N) is 1. The molecule has 0 radical (unpaired) electrons. The Morgan fingerprint density at radius 3 is 2.88 bits per heavy atom. The summed E-state index contributed by atoms with van der Waals surface area (Å²) >= 11 is 3.36. The van der Waals surface area contributed by atoms with Gasteiger partial charge >= 0.3 is 0 Å². The molecule has 3 N–H and O–H groups in total. The molecule has 0 bridgehead atoms. The molecule has 0 atom stereocenters. The number of aromatic nitrogens is 3. The number of hydrogen-bond donors (Lipinski definition) is 2.